The Morgan fingerprint density at radius 1 is 1.03 bits per heavy atom. The lowest BCUT2D eigenvalue weighted by Gasteiger charge is -2.14. The van der Waals surface area contributed by atoms with Gasteiger partial charge in [-0.1, -0.05) is 6.92 Å². The van der Waals surface area contributed by atoms with Gasteiger partial charge in [0.2, 0.25) is 10.0 Å². The van der Waals surface area contributed by atoms with E-state index in [0.29, 0.717) is 31.4 Å². The van der Waals surface area contributed by atoms with E-state index in [4.69, 9.17) is 0 Å². The van der Waals surface area contributed by atoms with Crippen molar-refractivity contribution in [1.29, 1.82) is 0 Å². The number of hydrogen-bond donors (Lipinski definition) is 3. The summed E-state index contributed by atoms with van der Waals surface area (Å²) in [6, 6.07) is 1.52. The first-order valence-electron chi connectivity index (χ1n) is 9.89. The van der Waals surface area contributed by atoms with Gasteiger partial charge in [0.25, 0.3) is 0 Å². The van der Waals surface area contributed by atoms with E-state index in [-0.39, 0.29) is 23.0 Å². The molecule has 0 atom stereocenters. The quantitative estimate of drug-likeness (QED) is 0.352. The second-order valence-corrected chi connectivity index (χ2v) is 8.54. The SMILES string of the molecule is CCCS(=O)(=O)Nc1ncc(F)c(Nc2nccnc2-c2cc(NCCCF)ncn2)c1F. The molecule has 176 valence electrons. The van der Waals surface area contributed by atoms with Crippen LogP contribution >= 0.6 is 0 Å². The fraction of sp³-hybridized carbons (Fsp3) is 0.316. The molecule has 0 unspecified atom stereocenters. The molecule has 0 aromatic carbocycles. The normalized spacial score (nSPS) is 11.3. The molecule has 0 radical (unpaired) electrons. The molecule has 3 heterocycles. The summed E-state index contributed by atoms with van der Waals surface area (Å²) in [5.74, 6) is -2.87. The molecule has 0 aliphatic carbocycles. The van der Waals surface area contributed by atoms with Crippen LogP contribution in [-0.4, -0.2) is 52.3 Å². The van der Waals surface area contributed by atoms with Gasteiger partial charge in [-0.15, -0.1) is 0 Å². The molecule has 0 amide bonds. The molecule has 3 rings (SSSR count). The van der Waals surface area contributed by atoms with Crippen molar-refractivity contribution in [3.63, 3.8) is 0 Å². The predicted molar refractivity (Wildman–Crippen MR) is 117 cm³/mol. The minimum Gasteiger partial charge on any atom is -0.370 e. The second-order valence-electron chi connectivity index (χ2n) is 6.70. The number of pyridine rings is 1. The Kier molecular flexibility index (Phi) is 7.92. The largest absolute Gasteiger partial charge is 0.370 e. The molecular formula is C19H21F3N8O2S. The Balaban J connectivity index is 1.93. The highest BCUT2D eigenvalue weighted by Crippen LogP contribution is 2.30. The average Bonchev–Trinajstić information content (AvgIpc) is 2.79. The number of anilines is 4. The molecule has 14 heteroatoms. The third-order valence-electron chi connectivity index (χ3n) is 4.17. The number of sulfonamides is 1. The van der Waals surface area contributed by atoms with Crippen molar-refractivity contribution in [1.82, 2.24) is 24.9 Å². The predicted octanol–water partition coefficient (Wildman–Crippen LogP) is 3.27. The van der Waals surface area contributed by atoms with E-state index in [9.17, 15) is 21.6 Å². The Labute approximate surface area is 188 Å². The molecule has 3 aromatic rings. The fourth-order valence-electron chi connectivity index (χ4n) is 2.72. The van der Waals surface area contributed by atoms with Gasteiger partial charge in [-0.05, 0) is 12.8 Å². The van der Waals surface area contributed by atoms with Gasteiger partial charge in [-0.25, -0.2) is 42.1 Å². The molecule has 0 saturated heterocycles. The molecule has 0 fully saturated rings. The standard InChI is InChI=1S/C19H21F3N8O2S/c1-2-8-33(31,32)30-18-15(22)16(12(21)10-26-18)29-19-17(24-6-7-25-19)13-9-14(28-11-27-13)23-5-3-4-20/h6-7,9-11H,2-5,8H2,1H3,(H,23,27,28)(H2,25,26,29,30). The summed E-state index contributed by atoms with van der Waals surface area (Å²) < 4.78 is 67.6. The van der Waals surface area contributed by atoms with Gasteiger partial charge >= 0.3 is 0 Å². The first-order valence-corrected chi connectivity index (χ1v) is 11.5. The molecule has 3 N–H and O–H groups in total. The Morgan fingerprint density at radius 3 is 2.58 bits per heavy atom. The zero-order chi connectivity index (χ0) is 23.8. The van der Waals surface area contributed by atoms with E-state index in [1.54, 1.807) is 6.92 Å². The van der Waals surface area contributed by atoms with Crippen molar-refractivity contribution in [3.05, 3.63) is 42.6 Å². The van der Waals surface area contributed by atoms with Gasteiger partial charge in [0.05, 0.1) is 24.3 Å². The average molecular weight is 482 g/mol. The fourth-order valence-corrected chi connectivity index (χ4v) is 3.80. The van der Waals surface area contributed by atoms with Crippen molar-refractivity contribution >= 4 is 33.2 Å². The van der Waals surface area contributed by atoms with Crippen LogP contribution in [0.25, 0.3) is 11.4 Å². The van der Waals surface area contributed by atoms with Crippen LogP contribution in [-0.2, 0) is 10.0 Å². The van der Waals surface area contributed by atoms with Gasteiger partial charge < -0.3 is 10.6 Å². The molecule has 3 aromatic heterocycles. The summed E-state index contributed by atoms with van der Waals surface area (Å²) in [5, 5.41) is 5.44. The summed E-state index contributed by atoms with van der Waals surface area (Å²) in [6.45, 7) is 1.51. The Bertz CT molecular complexity index is 1210. The summed E-state index contributed by atoms with van der Waals surface area (Å²) in [4.78, 5) is 19.9. The van der Waals surface area contributed by atoms with Crippen molar-refractivity contribution in [3.8, 4) is 11.4 Å². The first-order chi connectivity index (χ1) is 15.8. The summed E-state index contributed by atoms with van der Waals surface area (Å²) in [5.41, 5.74) is -0.240. The van der Waals surface area contributed by atoms with Crippen molar-refractivity contribution in [2.24, 2.45) is 0 Å². The lowest BCUT2D eigenvalue weighted by atomic mass is 10.2. The molecule has 0 saturated carbocycles. The van der Waals surface area contributed by atoms with Crippen LogP contribution in [0.15, 0.2) is 31.0 Å². The zero-order valence-corrected chi connectivity index (χ0v) is 18.3. The van der Waals surface area contributed by atoms with Gasteiger partial charge in [-0.2, -0.15) is 0 Å². The van der Waals surface area contributed by atoms with Crippen LogP contribution in [0.3, 0.4) is 0 Å². The van der Waals surface area contributed by atoms with Crippen LogP contribution in [0.4, 0.5) is 36.3 Å². The van der Waals surface area contributed by atoms with Crippen molar-refractivity contribution in [2.75, 3.05) is 34.3 Å². The zero-order valence-electron chi connectivity index (χ0n) is 17.5. The van der Waals surface area contributed by atoms with Crippen molar-refractivity contribution < 1.29 is 21.6 Å². The van der Waals surface area contributed by atoms with E-state index in [1.807, 2.05) is 4.72 Å². The third-order valence-corrected chi connectivity index (χ3v) is 5.62. The highest BCUT2D eigenvalue weighted by Gasteiger charge is 2.21. The van der Waals surface area contributed by atoms with Crippen LogP contribution in [0.5, 0.6) is 0 Å². The molecule has 0 spiro atoms. The van der Waals surface area contributed by atoms with Gasteiger partial charge in [0.1, 0.15) is 23.5 Å². The number of hydrogen-bond acceptors (Lipinski definition) is 9. The van der Waals surface area contributed by atoms with Crippen LogP contribution in [0.1, 0.15) is 19.8 Å². The lowest BCUT2D eigenvalue weighted by molar-refractivity contribution is 0.481. The maximum atomic E-state index is 15.0. The smallest absolute Gasteiger partial charge is 0.233 e. The highest BCUT2D eigenvalue weighted by atomic mass is 32.2. The number of alkyl halides is 1. The molecular weight excluding hydrogens is 461 g/mol. The second kappa shape index (κ2) is 10.8. The van der Waals surface area contributed by atoms with Crippen LogP contribution in [0.2, 0.25) is 0 Å². The molecule has 0 aliphatic heterocycles. The van der Waals surface area contributed by atoms with Crippen molar-refractivity contribution in [2.45, 2.75) is 19.8 Å². The van der Waals surface area contributed by atoms with Crippen LogP contribution < -0.4 is 15.4 Å². The molecule has 0 aliphatic rings. The number of nitrogens with zero attached hydrogens (tertiary/aromatic N) is 5. The molecule has 0 bridgehead atoms. The monoisotopic (exact) mass is 482 g/mol. The number of rotatable bonds is 11. The van der Waals surface area contributed by atoms with Crippen LogP contribution in [0, 0.1) is 11.6 Å². The maximum Gasteiger partial charge on any atom is 0.233 e. The number of aromatic nitrogens is 5. The number of halogens is 3. The third kappa shape index (κ3) is 6.25. The van der Waals surface area contributed by atoms with Gasteiger partial charge in [-0.3, -0.25) is 9.11 Å². The summed E-state index contributed by atoms with van der Waals surface area (Å²) in [6.07, 6.45) is 5.19. The first kappa shape index (κ1) is 24.1. The summed E-state index contributed by atoms with van der Waals surface area (Å²) in [7, 11) is -3.85. The maximum absolute atomic E-state index is 15.0. The van der Waals surface area contributed by atoms with Gasteiger partial charge in [0.15, 0.2) is 23.3 Å². The molecule has 33 heavy (non-hydrogen) atoms. The van der Waals surface area contributed by atoms with E-state index >= 15 is 0 Å². The van der Waals surface area contributed by atoms with E-state index < -0.39 is 39.8 Å². The van der Waals surface area contributed by atoms with E-state index in [0.717, 1.165) is 0 Å². The topological polar surface area (TPSA) is 135 Å². The Morgan fingerprint density at radius 2 is 1.82 bits per heavy atom. The summed E-state index contributed by atoms with van der Waals surface area (Å²) >= 11 is 0. The van der Waals surface area contributed by atoms with E-state index in [1.165, 1.54) is 24.8 Å². The Hall–Kier alpha value is -3.55. The van der Waals surface area contributed by atoms with Gasteiger partial charge in [0, 0.05) is 25.0 Å². The minimum absolute atomic E-state index is 0.0442. The highest BCUT2D eigenvalue weighted by molar-refractivity contribution is 7.92. The molecule has 10 nitrogen and oxygen atoms in total. The van der Waals surface area contributed by atoms with E-state index in [2.05, 4.69) is 35.6 Å². The number of nitrogens with one attached hydrogen (secondary N) is 3. The minimum atomic E-state index is -3.85. The lowest BCUT2D eigenvalue weighted by Crippen LogP contribution is -2.18.